The normalized spacial score (nSPS) is 17.1. The number of hydrogen-bond acceptors (Lipinski definition) is 3. The fourth-order valence-electron chi connectivity index (χ4n) is 2.91. The zero-order valence-corrected chi connectivity index (χ0v) is 13.9. The van der Waals surface area contributed by atoms with Crippen LogP contribution in [0.5, 0.6) is 5.75 Å². The van der Waals surface area contributed by atoms with Gasteiger partial charge in [0.15, 0.2) is 0 Å². The molecule has 1 fully saturated rings. The topological polar surface area (TPSA) is 15.7 Å². The standard InChI is InChI=1S/C18H30N2O/c1-4-19-10-12-20(13-11-19)9-5-6-14-21-18-8-7-16(2)15-17(18)3/h7-8,15H,4-6,9-14H2,1-3H3. The third kappa shape index (κ3) is 5.33. The second-order valence-corrected chi connectivity index (χ2v) is 6.10. The van der Waals surface area contributed by atoms with Gasteiger partial charge in [-0.25, -0.2) is 0 Å². The molecule has 1 heterocycles. The molecular weight excluding hydrogens is 260 g/mol. The summed E-state index contributed by atoms with van der Waals surface area (Å²) in [6.45, 7) is 14.7. The van der Waals surface area contributed by atoms with Crippen molar-refractivity contribution in [3.63, 3.8) is 0 Å². The number of nitrogens with zero attached hydrogens (tertiary/aromatic N) is 2. The minimum absolute atomic E-state index is 0.832. The number of benzene rings is 1. The van der Waals surface area contributed by atoms with Crippen LogP contribution in [0.1, 0.15) is 30.9 Å². The molecule has 2 rings (SSSR count). The molecule has 0 unspecified atom stereocenters. The molecule has 0 aromatic heterocycles. The van der Waals surface area contributed by atoms with E-state index in [9.17, 15) is 0 Å². The van der Waals surface area contributed by atoms with E-state index in [1.807, 2.05) is 0 Å². The minimum Gasteiger partial charge on any atom is -0.493 e. The maximum atomic E-state index is 5.89. The minimum atomic E-state index is 0.832. The summed E-state index contributed by atoms with van der Waals surface area (Å²) in [7, 11) is 0. The van der Waals surface area contributed by atoms with Gasteiger partial charge in [0.25, 0.3) is 0 Å². The van der Waals surface area contributed by atoms with E-state index in [1.165, 1.54) is 56.8 Å². The van der Waals surface area contributed by atoms with Gasteiger partial charge in [-0.05, 0) is 51.4 Å². The van der Waals surface area contributed by atoms with Crippen molar-refractivity contribution in [2.24, 2.45) is 0 Å². The largest absolute Gasteiger partial charge is 0.493 e. The number of unbranched alkanes of at least 4 members (excludes halogenated alkanes) is 1. The van der Waals surface area contributed by atoms with Gasteiger partial charge in [-0.1, -0.05) is 24.6 Å². The Kier molecular flexibility index (Phi) is 6.52. The van der Waals surface area contributed by atoms with Crippen LogP contribution in [0, 0.1) is 13.8 Å². The van der Waals surface area contributed by atoms with Crippen molar-refractivity contribution < 1.29 is 4.74 Å². The molecule has 1 aromatic carbocycles. The van der Waals surface area contributed by atoms with Gasteiger partial charge >= 0.3 is 0 Å². The van der Waals surface area contributed by atoms with Gasteiger partial charge < -0.3 is 14.5 Å². The molecule has 3 heteroatoms. The molecular formula is C18H30N2O. The van der Waals surface area contributed by atoms with Gasteiger partial charge in [-0.2, -0.15) is 0 Å². The average molecular weight is 290 g/mol. The highest BCUT2D eigenvalue weighted by atomic mass is 16.5. The van der Waals surface area contributed by atoms with Crippen molar-refractivity contribution >= 4 is 0 Å². The lowest BCUT2D eigenvalue weighted by Crippen LogP contribution is -2.46. The quantitative estimate of drug-likeness (QED) is 0.718. The van der Waals surface area contributed by atoms with E-state index in [2.05, 4.69) is 48.8 Å². The number of likely N-dealkylation sites (N-methyl/N-ethyl adjacent to an activating group) is 1. The summed E-state index contributed by atoms with van der Waals surface area (Å²) in [6, 6.07) is 6.40. The molecule has 3 nitrogen and oxygen atoms in total. The highest BCUT2D eigenvalue weighted by Crippen LogP contribution is 2.18. The summed E-state index contributed by atoms with van der Waals surface area (Å²) in [5.74, 6) is 1.04. The average Bonchev–Trinajstić information content (AvgIpc) is 2.49. The van der Waals surface area contributed by atoms with Crippen LogP contribution >= 0.6 is 0 Å². The third-order valence-electron chi connectivity index (χ3n) is 4.37. The first-order chi connectivity index (χ1) is 10.2. The van der Waals surface area contributed by atoms with Gasteiger partial charge in [-0.3, -0.25) is 0 Å². The van der Waals surface area contributed by atoms with Crippen LogP contribution in [0.2, 0.25) is 0 Å². The first kappa shape index (κ1) is 16.3. The Morgan fingerprint density at radius 2 is 1.71 bits per heavy atom. The van der Waals surface area contributed by atoms with E-state index >= 15 is 0 Å². The Hall–Kier alpha value is -1.06. The Morgan fingerprint density at radius 3 is 2.38 bits per heavy atom. The zero-order valence-electron chi connectivity index (χ0n) is 13.9. The molecule has 0 radical (unpaired) electrons. The van der Waals surface area contributed by atoms with Crippen LogP contribution in [0.25, 0.3) is 0 Å². The molecule has 0 aliphatic carbocycles. The fraction of sp³-hybridized carbons (Fsp3) is 0.667. The number of rotatable bonds is 7. The molecule has 0 spiro atoms. The van der Waals surface area contributed by atoms with Gasteiger partial charge in [-0.15, -0.1) is 0 Å². The van der Waals surface area contributed by atoms with E-state index in [1.54, 1.807) is 0 Å². The van der Waals surface area contributed by atoms with Crippen LogP contribution in [0.15, 0.2) is 18.2 Å². The van der Waals surface area contributed by atoms with Crippen LogP contribution in [0.4, 0.5) is 0 Å². The highest BCUT2D eigenvalue weighted by molar-refractivity contribution is 5.35. The first-order valence-electron chi connectivity index (χ1n) is 8.34. The predicted molar refractivity (Wildman–Crippen MR) is 89.2 cm³/mol. The Bertz CT molecular complexity index is 425. The summed E-state index contributed by atoms with van der Waals surface area (Å²) < 4.78 is 5.89. The summed E-state index contributed by atoms with van der Waals surface area (Å²) in [5, 5.41) is 0. The molecule has 0 saturated carbocycles. The van der Waals surface area contributed by atoms with E-state index in [4.69, 9.17) is 4.74 Å². The number of aryl methyl sites for hydroxylation is 2. The Labute approximate surface area is 129 Å². The lowest BCUT2D eigenvalue weighted by Gasteiger charge is -2.33. The molecule has 0 atom stereocenters. The third-order valence-corrected chi connectivity index (χ3v) is 4.37. The lowest BCUT2D eigenvalue weighted by molar-refractivity contribution is 0.134. The number of piperazine rings is 1. The summed E-state index contributed by atoms with van der Waals surface area (Å²) >= 11 is 0. The summed E-state index contributed by atoms with van der Waals surface area (Å²) in [4.78, 5) is 5.11. The first-order valence-corrected chi connectivity index (χ1v) is 8.34. The summed E-state index contributed by atoms with van der Waals surface area (Å²) in [5.41, 5.74) is 2.54. The number of ether oxygens (including phenoxy) is 1. The molecule has 1 aromatic rings. The zero-order chi connectivity index (χ0) is 15.1. The molecule has 21 heavy (non-hydrogen) atoms. The molecule has 0 N–H and O–H groups in total. The van der Waals surface area contributed by atoms with Gasteiger partial charge in [0.05, 0.1) is 6.61 Å². The van der Waals surface area contributed by atoms with Crippen molar-refractivity contribution in [1.29, 1.82) is 0 Å². The molecule has 0 bridgehead atoms. The molecule has 0 amide bonds. The molecule has 1 aliphatic heterocycles. The maximum Gasteiger partial charge on any atom is 0.122 e. The smallest absolute Gasteiger partial charge is 0.122 e. The Morgan fingerprint density at radius 1 is 1.00 bits per heavy atom. The van der Waals surface area contributed by atoms with Crippen LogP contribution in [-0.2, 0) is 0 Å². The molecule has 1 aliphatic rings. The van der Waals surface area contributed by atoms with Crippen molar-refractivity contribution in [3.8, 4) is 5.75 Å². The van der Waals surface area contributed by atoms with Crippen molar-refractivity contribution in [1.82, 2.24) is 9.80 Å². The highest BCUT2D eigenvalue weighted by Gasteiger charge is 2.14. The van der Waals surface area contributed by atoms with Crippen LogP contribution in [0.3, 0.4) is 0 Å². The molecule has 1 saturated heterocycles. The SMILES string of the molecule is CCN1CCN(CCCCOc2ccc(C)cc2C)CC1. The monoisotopic (exact) mass is 290 g/mol. The number of hydrogen-bond donors (Lipinski definition) is 0. The van der Waals surface area contributed by atoms with E-state index in [0.29, 0.717) is 0 Å². The fourth-order valence-corrected chi connectivity index (χ4v) is 2.91. The van der Waals surface area contributed by atoms with Crippen molar-refractivity contribution in [3.05, 3.63) is 29.3 Å². The second-order valence-electron chi connectivity index (χ2n) is 6.10. The van der Waals surface area contributed by atoms with Gasteiger partial charge in [0, 0.05) is 26.2 Å². The second kappa shape index (κ2) is 8.40. The van der Waals surface area contributed by atoms with Gasteiger partial charge in [0.2, 0.25) is 0 Å². The lowest BCUT2D eigenvalue weighted by atomic mass is 10.1. The van der Waals surface area contributed by atoms with Crippen molar-refractivity contribution in [2.45, 2.75) is 33.6 Å². The van der Waals surface area contributed by atoms with E-state index in [-0.39, 0.29) is 0 Å². The van der Waals surface area contributed by atoms with Crippen LogP contribution in [-0.4, -0.2) is 55.7 Å². The molecule has 118 valence electrons. The maximum absolute atomic E-state index is 5.89. The van der Waals surface area contributed by atoms with Crippen molar-refractivity contribution in [2.75, 3.05) is 45.9 Å². The van der Waals surface area contributed by atoms with Gasteiger partial charge in [0.1, 0.15) is 5.75 Å². The van der Waals surface area contributed by atoms with Crippen LogP contribution < -0.4 is 4.74 Å². The summed E-state index contributed by atoms with van der Waals surface area (Å²) in [6.07, 6.45) is 2.37. The Balaban J connectivity index is 1.58. The van der Waals surface area contributed by atoms with E-state index < -0.39 is 0 Å². The predicted octanol–water partition coefficient (Wildman–Crippen LogP) is 3.10. The van der Waals surface area contributed by atoms with E-state index in [0.717, 1.165) is 18.8 Å².